The molecule has 0 aliphatic heterocycles. The fourth-order valence-corrected chi connectivity index (χ4v) is 3.65. The molecule has 0 aliphatic carbocycles. The van der Waals surface area contributed by atoms with Crippen LogP contribution in [0.1, 0.15) is 11.1 Å². The van der Waals surface area contributed by atoms with Gasteiger partial charge in [-0.3, -0.25) is 9.36 Å². The average Bonchev–Trinajstić information content (AvgIpc) is 3.15. The zero-order valence-corrected chi connectivity index (χ0v) is 16.6. The number of ether oxygens (including phenoxy) is 1. The summed E-state index contributed by atoms with van der Waals surface area (Å²) in [5.74, 6) is 1.19. The maximum atomic E-state index is 12.5. The molecule has 27 heavy (non-hydrogen) atoms. The number of methoxy groups -OCH3 is 1. The van der Waals surface area contributed by atoms with Gasteiger partial charge in [0.1, 0.15) is 5.75 Å². The standard InChI is InChI=1S/C21H23N3O2S/c1-16-6-4-8-18(12-16)24-11-10-22-21(24)27-15-20(25)23(2)14-17-7-5-9-19(13-17)26-3/h4-13H,14-15H2,1-3H3. The number of benzene rings is 2. The van der Waals surface area contributed by atoms with Gasteiger partial charge in [-0.1, -0.05) is 36.0 Å². The summed E-state index contributed by atoms with van der Waals surface area (Å²) in [4.78, 5) is 18.7. The van der Waals surface area contributed by atoms with E-state index < -0.39 is 0 Å². The van der Waals surface area contributed by atoms with Gasteiger partial charge >= 0.3 is 0 Å². The summed E-state index contributed by atoms with van der Waals surface area (Å²) in [7, 11) is 3.45. The van der Waals surface area contributed by atoms with E-state index in [9.17, 15) is 4.79 Å². The summed E-state index contributed by atoms with van der Waals surface area (Å²) >= 11 is 1.45. The number of carbonyl (C=O) groups is 1. The number of thioether (sulfide) groups is 1. The Morgan fingerprint density at radius 3 is 2.81 bits per heavy atom. The molecule has 0 fully saturated rings. The van der Waals surface area contributed by atoms with Crippen LogP contribution in [0.4, 0.5) is 0 Å². The van der Waals surface area contributed by atoms with Gasteiger partial charge in [0.05, 0.1) is 12.9 Å². The van der Waals surface area contributed by atoms with E-state index in [2.05, 4.69) is 24.0 Å². The second-order valence-electron chi connectivity index (χ2n) is 6.31. The largest absolute Gasteiger partial charge is 0.497 e. The lowest BCUT2D eigenvalue weighted by atomic mass is 10.2. The van der Waals surface area contributed by atoms with E-state index in [0.717, 1.165) is 22.2 Å². The first kappa shape index (κ1) is 19.0. The Morgan fingerprint density at radius 2 is 2.04 bits per heavy atom. The van der Waals surface area contributed by atoms with Crippen molar-refractivity contribution in [2.24, 2.45) is 0 Å². The lowest BCUT2D eigenvalue weighted by molar-refractivity contribution is -0.127. The lowest BCUT2D eigenvalue weighted by Gasteiger charge is -2.17. The van der Waals surface area contributed by atoms with Crippen molar-refractivity contribution in [2.75, 3.05) is 19.9 Å². The Kier molecular flexibility index (Phi) is 6.19. The zero-order valence-electron chi connectivity index (χ0n) is 15.8. The van der Waals surface area contributed by atoms with E-state index in [1.54, 1.807) is 18.2 Å². The molecule has 0 atom stereocenters. The molecular formula is C21H23N3O2S. The maximum absolute atomic E-state index is 12.5. The number of aromatic nitrogens is 2. The van der Waals surface area contributed by atoms with Crippen LogP contribution in [-0.2, 0) is 11.3 Å². The van der Waals surface area contributed by atoms with Crippen LogP contribution in [0.25, 0.3) is 5.69 Å². The van der Waals surface area contributed by atoms with E-state index in [1.807, 2.05) is 54.2 Å². The quantitative estimate of drug-likeness (QED) is 0.582. The second-order valence-corrected chi connectivity index (χ2v) is 7.25. The number of hydrogen-bond acceptors (Lipinski definition) is 4. The van der Waals surface area contributed by atoms with E-state index in [0.29, 0.717) is 12.3 Å². The molecule has 6 heteroatoms. The van der Waals surface area contributed by atoms with Gasteiger partial charge in [-0.05, 0) is 42.3 Å². The average molecular weight is 382 g/mol. The van der Waals surface area contributed by atoms with Gasteiger partial charge < -0.3 is 9.64 Å². The number of nitrogens with zero attached hydrogens (tertiary/aromatic N) is 3. The fraction of sp³-hybridized carbons (Fsp3) is 0.238. The first-order valence-corrected chi connectivity index (χ1v) is 9.65. The summed E-state index contributed by atoms with van der Waals surface area (Å²) in [6.07, 6.45) is 3.68. The van der Waals surface area contributed by atoms with Gasteiger partial charge in [-0.25, -0.2) is 4.98 Å². The van der Waals surface area contributed by atoms with Crippen LogP contribution in [-0.4, -0.2) is 40.3 Å². The summed E-state index contributed by atoms with van der Waals surface area (Å²) in [6, 6.07) is 16.0. The summed E-state index contributed by atoms with van der Waals surface area (Å²) in [5, 5.41) is 0.809. The third kappa shape index (κ3) is 4.92. The maximum Gasteiger partial charge on any atom is 0.233 e. The van der Waals surface area contributed by atoms with Crippen molar-refractivity contribution in [3.8, 4) is 11.4 Å². The minimum Gasteiger partial charge on any atom is -0.497 e. The Labute approximate surface area is 164 Å². The van der Waals surface area contributed by atoms with Gasteiger partial charge in [0.25, 0.3) is 0 Å². The molecule has 0 unspecified atom stereocenters. The van der Waals surface area contributed by atoms with Crippen LogP contribution in [0, 0.1) is 6.92 Å². The highest BCUT2D eigenvalue weighted by molar-refractivity contribution is 7.99. The molecule has 0 saturated carbocycles. The molecule has 3 rings (SSSR count). The predicted octanol–water partition coefficient (Wildman–Crippen LogP) is 3.94. The van der Waals surface area contributed by atoms with Crippen LogP contribution in [0.5, 0.6) is 5.75 Å². The third-order valence-electron chi connectivity index (χ3n) is 4.19. The van der Waals surface area contributed by atoms with Crippen LogP contribution in [0.3, 0.4) is 0 Å². The van der Waals surface area contributed by atoms with Gasteiger partial charge in [0, 0.05) is 31.7 Å². The molecule has 0 N–H and O–H groups in total. The number of rotatable bonds is 7. The molecule has 3 aromatic rings. The Morgan fingerprint density at radius 1 is 1.22 bits per heavy atom. The van der Waals surface area contributed by atoms with Gasteiger partial charge in [0.2, 0.25) is 5.91 Å². The van der Waals surface area contributed by atoms with Crippen LogP contribution in [0.2, 0.25) is 0 Å². The van der Waals surface area contributed by atoms with Crippen molar-refractivity contribution in [3.63, 3.8) is 0 Å². The van der Waals surface area contributed by atoms with Crippen LogP contribution < -0.4 is 4.74 Å². The fourth-order valence-electron chi connectivity index (χ4n) is 2.74. The van der Waals surface area contributed by atoms with Gasteiger partial charge in [-0.15, -0.1) is 0 Å². The number of aryl methyl sites for hydroxylation is 1. The molecule has 2 aromatic carbocycles. The molecule has 1 amide bonds. The number of amides is 1. The summed E-state index contributed by atoms with van der Waals surface area (Å²) in [6.45, 7) is 2.60. The van der Waals surface area contributed by atoms with Crippen molar-refractivity contribution in [1.82, 2.24) is 14.5 Å². The monoisotopic (exact) mass is 381 g/mol. The molecule has 140 valence electrons. The molecular weight excluding hydrogens is 358 g/mol. The van der Waals surface area contributed by atoms with Crippen LogP contribution >= 0.6 is 11.8 Å². The number of hydrogen-bond donors (Lipinski definition) is 0. The first-order chi connectivity index (χ1) is 13.1. The van der Waals surface area contributed by atoms with Gasteiger partial charge in [0.15, 0.2) is 5.16 Å². The van der Waals surface area contributed by atoms with Crippen molar-refractivity contribution < 1.29 is 9.53 Å². The van der Waals surface area contributed by atoms with Crippen molar-refractivity contribution in [3.05, 3.63) is 72.1 Å². The predicted molar refractivity (Wildman–Crippen MR) is 108 cm³/mol. The minimum absolute atomic E-state index is 0.0570. The molecule has 0 spiro atoms. The summed E-state index contributed by atoms with van der Waals surface area (Å²) in [5.41, 5.74) is 3.27. The molecule has 0 saturated heterocycles. The van der Waals surface area contributed by atoms with Crippen molar-refractivity contribution in [2.45, 2.75) is 18.6 Å². The molecule has 1 heterocycles. The minimum atomic E-state index is 0.0570. The molecule has 0 radical (unpaired) electrons. The third-order valence-corrected chi connectivity index (χ3v) is 5.14. The molecule has 0 aliphatic rings. The Balaban J connectivity index is 1.61. The lowest BCUT2D eigenvalue weighted by Crippen LogP contribution is -2.27. The second kappa shape index (κ2) is 8.77. The number of imidazole rings is 1. The van der Waals surface area contributed by atoms with Crippen molar-refractivity contribution in [1.29, 1.82) is 0 Å². The Hall–Kier alpha value is -2.73. The Bertz CT molecular complexity index is 923. The van der Waals surface area contributed by atoms with E-state index in [-0.39, 0.29) is 5.91 Å². The van der Waals surface area contributed by atoms with Crippen LogP contribution in [0.15, 0.2) is 66.1 Å². The number of carbonyl (C=O) groups excluding carboxylic acids is 1. The highest BCUT2D eigenvalue weighted by Gasteiger charge is 2.13. The molecule has 1 aromatic heterocycles. The van der Waals surface area contributed by atoms with E-state index >= 15 is 0 Å². The van der Waals surface area contributed by atoms with E-state index in [4.69, 9.17) is 4.74 Å². The van der Waals surface area contributed by atoms with E-state index in [1.165, 1.54) is 17.3 Å². The topological polar surface area (TPSA) is 47.4 Å². The first-order valence-electron chi connectivity index (χ1n) is 8.67. The van der Waals surface area contributed by atoms with Crippen molar-refractivity contribution >= 4 is 17.7 Å². The molecule has 0 bridgehead atoms. The zero-order chi connectivity index (χ0) is 19.2. The molecule has 5 nitrogen and oxygen atoms in total. The normalized spacial score (nSPS) is 10.6. The SMILES string of the molecule is COc1cccc(CN(C)C(=O)CSc2nccn2-c2cccc(C)c2)c1. The van der Waals surface area contributed by atoms with Gasteiger partial charge in [-0.2, -0.15) is 0 Å². The summed E-state index contributed by atoms with van der Waals surface area (Å²) < 4.78 is 7.25. The highest BCUT2D eigenvalue weighted by atomic mass is 32.2. The smallest absolute Gasteiger partial charge is 0.233 e. The highest BCUT2D eigenvalue weighted by Crippen LogP contribution is 2.22.